The highest BCUT2D eigenvalue weighted by molar-refractivity contribution is 6.31. The number of piperidine rings is 1. The Morgan fingerprint density at radius 2 is 1.97 bits per heavy atom. The summed E-state index contributed by atoms with van der Waals surface area (Å²) in [4.78, 5) is 20.0. The number of allylic oxidation sites excluding steroid dienone is 1. The summed E-state index contributed by atoms with van der Waals surface area (Å²) >= 11 is 6.38. The Kier molecular flexibility index (Phi) is 8.84. The lowest BCUT2D eigenvalue weighted by molar-refractivity contribution is 0.0345. The molecule has 3 rings (SSSR count). The number of rotatable bonds is 8. The summed E-state index contributed by atoms with van der Waals surface area (Å²) in [6, 6.07) is 1.52. The fraction of sp³-hybridized carbons (Fsp3) is 0.481. The van der Waals surface area contributed by atoms with Gasteiger partial charge in [0.2, 0.25) is 0 Å². The summed E-state index contributed by atoms with van der Waals surface area (Å²) in [7, 11) is 1.66. The fourth-order valence-corrected chi connectivity index (χ4v) is 4.87. The van der Waals surface area contributed by atoms with Crippen molar-refractivity contribution in [2.24, 2.45) is 5.73 Å². The number of methoxy groups -OCH3 is 1. The third kappa shape index (κ3) is 5.44. The van der Waals surface area contributed by atoms with Crippen molar-refractivity contribution in [3.63, 3.8) is 0 Å². The predicted molar refractivity (Wildman–Crippen MR) is 142 cm³/mol. The quantitative estimate of drug-likeness (QED) is 0.492. The first-order valence-electron chi connectivity index (χ1n) is 12.2. The van der Waals surface area contributed by atoms with Gasteiger partial charge < -0.3 is 24.7 Å². The zero-order valence-corrected chi connectivity index (χ0v) is 22.7. The molecule has 1 amide bonds. The standard InChI is InChI=1S/C27H36ClFN4O3/c1-8-11-33-24(17(5)30)18(6)31-26(33)16(4)20-14-21(28)23(29)22(25(20)36-15(2)3)27(34)32-12-9-19(35-7)10-13-32/h8,11,14-16,19H,5,9-10,12-13,30H2,1-4,6-7H3/b11-8-. The second kappa shape index (κ2) is 11.5. The largest absolute Gasteiger partial charge is 0.490 e. The number of aryl methyl sites for hydroxylation is 1. The number of ether oxygens (including phenoxy) is 2. The molecule has 0 radical (unpaired) electrons. The van der Waals surface area contributed by atoms with Crippen molar-refractivity contribution in [1.29, 1.82) is 0 Å². The van der Waals surface area contributed by atoms with Crippen LogP contribution < -0.4 is 10.5 Å². The van der Waals surface area contributed by atoms with Gasteiger partial charge in [0.15, 0.2) is 5.82 Å². The predicted octanol–water partition coefficient (Wildman–Crippen LogP) is 5.59. The molecule has 9 heteroatoms. The van der Waals surface area contributed by atoms with E-state index in [9.17, 15) is 4.79 Å². The number of carbonyl (C=O) groups is 1. The molecule has 1 fully saturated rings. The fourth-order valence-electron chi connectivity index (χ4n) is 4.66. The maximum absolute atomic E-state index is 15.5. The van der Waals surface area contributed by atoms with Gasteiger partial charge in [0, 0.05) is 37.9 Å². The van der Waals surface area contributed by atoms with E-state index in [0.717, 1.165) is 0 Å². The number of benzene rings is 1. The van der Waals surface area contributed by atoms with Crippen molar-refractivity contribution < 1.29 is 18.7 Å². The van der Waals surface area contributed by atoms with Gasteiger partial charge >= 0.3 is 0 Å². The monoisotopic (exact) mass is 518 g/mol. The average Bonchev–Trinajstić information content (AvgIpc) is 3.16. The summed E-state index contributed by atoms with van der Waals surface area (Å²) in [5.74, 6) is -0.823. The van der Waals surface area contributed by atoms with E-state index >= 15 is 4.39 Å². The van der Waals surface area contributed by atoms with Crippen LogP contribution in [0.5, 0.6) is 5.75 Å². The minimum atomic E-state index is -0.786. The van der Waals surface area contributed by atoms with Gasteiger partial charge in [-0.2, -0.15) is 0 Å². The van der Waals surface area contributed by atoms with Gasteiger partial charge in [0.05, 0.1) is 34.3 Å². The van der Waals surface area contributed by atoms with Crippen LogP contribution in [0.2, 0.25) is 5.02 Å². The Hall–Kier alpha value is -2.84. The summed E-state index contributed by atoms with van der Waals surface area (Å²) < 4.78 is 28.9. The van der Waals surface area contributed by atoms with Gasteiger partial charge in [-0.25, -0.2) is 9.37 Å². The molecule has 1 saturated heterocycles. The molecule has 1 atom stereocenters. The normalized spacial score (nSPS) is 15.6. The Balaban J connectivity index is 2.19. The van der Waals surface area contributed by atoms with E-state index in [1.54, 1.807) is 12.0 Å². The van der Waals surface area contributed by atoms with E-state index in [2.05, 4.69) is 6.58 Å². The van der Waals surface area contributed by atoms with E-state index in [1.807, 2.05) is 51.5 Å². The van der Waals surface area contributed by atoms with E-state index in [-0.39, 0.29) is 28.5 Å². The zero-order chi connectivity index (χ0) is 26.7. The minimum absolute atomic E-state index is 0.0837. The van der Waals surface area contributed by atoms with E-state index in [1.165, 1.54) is 6.07 Å². The van der Waals surface area contributed by atoms with Gasteiger partial charge in [-0.3, -0.25) is 4.79 Å². The SMILES string of the molecule is C=C(N)c1c(C)nc(C(C)c2cc(Cl)c(F)c(C(=O)N3CCC(OC)CC3)c2OC(C)C)n1/C=C\C. The lowest BCUT2D eigenvalue weighted by Crippen LogP contribution is -2.41. The van der Waals surface area contributed by atoms with Gasteiger partial charge in [-0.15, -0.1) is 0 Å². The third-order valence-electron chi connectivity index (χ3n) is 6.40. The van der Waals surface area contributed by atoms with E-state index < -0.39 is 17.6 Å². The molecule has 0 spiro atoms. The average molecular weight is 519 g/mol. The summed E-state index contributed by atoms with van der Waals surface area (Å²) in [5, 5.41) is -0.146. The van der Waals surface area contributed by atoms with E-state index in [4.69, 9.17) is 31.8 Å². The highest BCUT2D eigenvalue weighted by Gasteiger charge is 2.33. The number of imidazole rings is 1. The van der Waals surface area contributed by atoms with Crippen LogP contribution in [0.3, 0.4) is 0 Å². The number of carbonyl (C=O) groups excluding carboxylic acids is 1. The molecular formula is C27H36ClFN4O3. The number of hydrogen-bond acceptors (Lipinski definition) is 5. The molecule has 2 heterocycles. The molecule has 36 heavy (non-hydrogen) atoms. The van der Waals surface area contributed by atoms with Crippen LogP contribution in [0.25, 0.3) is 11.9 Å². The van der Waals surface area contributed by atoms with Crippen LogP contribution in [0.1, 0.15) is 79.6 Å². The molecule has 1 aliphatic heterocycles. The molecule has 1 aromatic heterocycles. The maximum atomic E-state index is 15.5. The molecule has 2 aromatic rings. The lowest BCUT2D eigenvalue weighted by Gasteiger charge is -2.32. The topological polar surface area (TPSA) is 82.6 Å². The Bertz CT molecular complexity index is 1170. The van der Waals surface area contributed by atoms with E-state index in [0.29, 0.717) is 54.4 Å². The second-order valence-corrected chi connectivity index (χ2v) is 9.77. The third-order valence-corrected chi connectivity index (χ3v) is 6.67. The molecular weight excluding hydrogens is 483 g/mol. The first-order valence-corrected chi connectivity index (χ1v) is 12.6. The summed E-state index contributed by atoms with van der Waals surface area (Å²) in [6.45, 7) is 14.1. The number of amides is 1. The number of nitrogens with two attached hydrogens (primary N) is 1. The molecule has 0 aliphatic carbocycles. The molecule has 0 bridgehead atoms. The van der Waals surface area contributed by atoms with Crippen LogP contribution in [0, 0.1) is 12.7 Å². The number of halogens is 2. The first kappa shape index (κ1) is 27.7. The minimum Gasteiger partial charge on any atom is -0.490 e. The van der Waals surface area contributed by atoms with Crippen LogP contribution in [-0.2, 0) is 4.74 Å². The molecule has 1 unspecified atom stereocenters. The van der Waals surface area contributed by atoms with Crippen LogP contribution in [0.15, 0.2) is 18.7 Å². The van der Waals surface area contributed by atoms with Crippen LogP contribution in [0.4, 0.5) is 4.39 Å². The zero-order valence-electron chi connectivity index (χ0n) is 21.9. The van der Waals surface area contributed by atoms with Crippen molar-refractivity contribution in [1.82, 2.24) is 14.5 Å². The van der Waals surface area contributed by atoms with Gasteiger partial charge in [-0.05, 0) is 46.6 Å². The highest BCUT2D eigenvalue weighted by Crippen LogP contribution is 2.40. The van der Waals surface area contributed by atoms with Gasteiger partial charge in [-0.1, -0.05) is 31.2 Å². The molecule has 1 aliphatic rings. The number of aromatic nitrogens is 2. The van der Waals surface area contributed by atoms with Crippen LogP contribution in [-0.4, -0.2) is 52.8 Å². The van der Waals surface area contributed by atoms with Crippen LogP contribution >= 0.6 is 11.6 Å². The van der Waals surface area contributed by atoms with Crippen molar-refractivity contribution in [2.75, 3.05) is 20.2 Å². The van der Waals surface area contributed by atoms with Crippen molar-refractivity contribution in [3.8, 4) is 5.75 Å². The van der Waals surface area contributed by atoms with Crippen molar-refractivity contribution in [3.05, 3.63) is 57.9 Å². The number of likely N-dealkylation sites (tertiary alicyclic amines) is 1. The molecule has 196 valence electrons. The Morgan fingerprint density at radius 1 is 1.33 bits per heavy atom. The first-order chi connectivity index (χ1) is 17.0. The summed E-state index contributed by atoms with van der Waals surface area (Å²) in [6.07, 6.45) is 4.85. The Labute approximate surface area is 217 Å². The van der Waals surface area contributed by atoms with Crippen molar-refractivity contribution >= 4 is 29.4 Å². The highest BCUT2D eigenvalue weighted by atomic mass is 35.5. The number of hydrogen-bond donors (Lipinski definition) is 1. The smallest absolute Gasteiger partial charge is 0.260 e. The number of nitrogens with zero attached hydrogens (tertiary/aromatic N) is 3. The lowest BCUT2D eigenvalue weighted by atomic mass is 9.95. The molecule has 1 aromatic carbocycles. The van der Waals surface area contributed by atoms with Gasteiger partial charge in [0.1, 0.15) is 17.1 Å². The molecule has 0 saturated carbocycles. The van der Waals surface area contributed by atoms with Crippen molar-refractivity contribution in [2.45, 2.75) is 65.6 Å². The Morgan fingerprint density at radius 3 is 2.50 bits per heavy atom. The summed E-state index contributed by atoms with van der Waals surface area (Å²) in [5.41, 5.74) is 8.24. The maximum Gasteiger partial charge on any atom is 0.260 e. The second-order valence-electron chi connectivity index (χ2n) is 9.36. The molecule has 7 nitrogen and oxygen atoms in total. The van der Waals surface area contributed by atoms with Gasteiger partial charge in [0.25, 0.3) is 5.91 Å². The molecule has 2 N–H and O–H groups in total.